The van der Waals surface area contributed by atoms with Gasteiger partial charge in [-0.3, -0.25) is 0 Å². The van der Waals surface area contributed by atoms with Crippen LogP contribution >= 0.6 is 0 Å². The Morgan fingerprint density at radius 1 is 1.16 bits per heavy atom. The van der Waals surface area contributed by atoms with Crippen molar-refractivity contribution in [2.45, 2.75) is 19.8 Å². The quantitative estimate of drug-likeness (QED) is 0.853. The molecular formula is C13H17N3O3. The third-order valence-corrected chi connectivity index (χ3v) is 2.74. The number of rotatable bonds is 4. The maximum atomic E-state index is 6.03. The number of aromatic nitrogens is 2. The van der Waals surface area contributed by atoms with Gasteiger partial charge >= 0.3 is 0 Å². The van der Waals surface area contributed by atoms with Gasteiger partial charge in [0, 0.05) is 12.0 Å². The van der Waals surface area contributed by atoms with E-state index in [2.05, 4.69) is 10.2 Å². The third-order valence-electron chi connectivity index (χ3n) is 2.74. The molecule has 0 atom stereocenters. The number of hydrogen-bond donors (Lipinski definition) is 1. The topological polar surface area (TPSA) is 83.4 Å². The van der Waals surface area contributed by atoms with E-state index in [0.717, 1.165) is 0 Å². The van der Waals surface area contributed by atoms with Gasteiger partial charge in [-0.1, -0.05) is 13.8 Å². The molecule has 0 aliphatic heterocycles. The SMILES string of the molecule is COc1cc(OC)c(N)c(-c2nnc(C(C)C)o2)c1. The normalized spacial score (nSPS) is 10.8. The molecule has 0 aliphatic carbocycles. The van der Waals surface area contributed by atoms with Crippen molar-refractivity contribution < 1.29 is 13.9 Å². The fourth-order valence-corrected chi connectivity index (χ4v) is 1.64. The largest absolute Gasteiger partial charge is 0.497 e. The summed E-state index contributed by atoms with van der Waals surface area (Å²) in [5.74, 6) is 2.22. The van der Waals surface area contributed by atoms with Crippen LogP contribution in [0.5, 0.6) is 11.5 Å². The highest BCUT2D eigenvalue weighted by atomic mass is 16.5. The van der Waals surface area contributed by atoms with Crippen LogP contribution in [-0.4, -0.2) is 24.4 Å². The molecule has 0 saturated heterocycles. The molecule has 0 saturated carbocycles. The minimum Gasteiger partial charge on any atom is -0.497 e. The van der Waals surface area contributed by atoms with Gasteiger partial charge in [-0.05, 0) is 6.07 Å². The highest BCUT2D eigenvalue weighted by molar-refractivity contribution is 5.77. The minimum atomic E-state index is 0.162. The van der Waals surface area contributed by atoms with Crippen molar-refractivity contribution in [3.05, 3.63) is 18.0 Å². The summed E-state index contributed by atoms with van der Waals surface area (Å²) in [6.07, 6.45) is 0. The Balaban J connectivity index is 2.53. The first-order valence-electron chi connectivity index (χ1n) is 5.92. The van der Waals surface area contributed by atoms with E-state index in [1.807, 2.05) is 13.8 Å². The second-order valence-electron chi connectivity index (χ2n) is 4.39. The lowest BCUT2D eigenvalue weighted by Gasteiger charge is -2.10. The van der Waals surface area contributed by atoms with Gasteiger partial charge in [-0.25, -0.2) is 0 Å². The molecule has 1 aromatic carbocycles. The summed E-state index contributed by atoms with van der Waals surface area (Å²) in [7, 11) is 3.12. The van der Waals surface area contributed by atoms with E-state index in [9.17, 15) is 0 Å². The van der Waals surface area contributed by atoms with Crippen LogP contribution in [-0.2, 0) is 0 Å². The predicted octanol–water partition coefficient (Wildman–Crippen LogP) is 2.46. The van der Waals surface area contributed by atoms with Crippen molar-refractivity contribution in [1.29, 1.82) is 0 Å². The molecule has 0 unspecified atom stereocenters. The molecule has 6 heteroatoms. The third kappa shape index (κ3) is 2.47. The van der Waals surface area contributed by atoms with E-state index in [1.54, 1.807) is 26.4 Å². The molecule has 0 bridgehead atoms. The first kappa shape index (κ1) is 13.2. The van der Waals surface area contributed by atoms with Crippen molar-refractivity contribution in [2.24, 2.45) is 0 Å². The van der Waals surface area contributed by atoms with Crippen LogP contribution in [0.25, 0.3) is 11.5 Å². The molecule has 2 aromatic rings. The maximum Gasteiger partial charge on any atom is 0.250 e. The Morgan fingerprint density at radius 2 is 1.89 bits per heavy atom. The number of benzene rings is 1. The Morgan fingerprint density at radius 3 is 2.42 bits per heavy atom. The highest BCUT2D eigenvalue weighted by Crippen LogP contribution is 2.37. The molecule has 0 aliphatic rings. The molecule has 0 radical (unpaired) electrons. The molecule has 2 N–H and O–H groups in total. The van der Waals surface area contributed by atoms with Gasteiger partial charge in [0.15, 0.2) is 0 Å². The lowest BCUT2D eigenvalue weighted by Crippen LogP contribution is -1.97. The number of nitrogens with zero attached hydrogens (tertiary/aromatic N) is 2. The van der Waals surface area contributed by atoms with Crippen LogP contribution < -0.4 is 15.2 Å². The number of nitrogens with two attached hydrogens (primary N) is 1. The Kier molecular flexibility index (Phi) is 3.59. The average Bonchev–Trinajstić information content (AvgIpc) is 2.88. The molecule has 6 nitrogen and oxygen atoms in total. The van der Waals surface area contributed by atoms with Gasteiger partial charge in [0.2, 0.25) is 11.8 Å². The van der Waals surface area contributed by atoms with Crippen molar-refractivity contribution >= 4 is 5.69 Å². The Hall–Kier alpha value is -2.24. The summed E-state index contributed by atoms with van der Waals surface area (Å²) in [4.78, 5) is 0. The number of nitrogen functional groups attached to an aromatic ring is 1. The Labute approximate surface area is 111 Å². The molecule has 0 fully saturated rings. The number of ether oxygens (including phenoxy) is 2. The summed E-state index contributed by atoms with van der Waals surface area (Å²) in [6.45, 7) is 3.96. The van der Waals surface area contributed by atoms with Crippen LogP contribution in [0, 0.1) is 0 Å². The van der Waals surface area contributed by atoms with Crippen molar-refractivity contribution in [3.8, 4) is 23.0 Å². The van der Waals surface area contributed by atoms with E-state index in [0.29, 0.717) is 34.5 Å². The van der Waals surface area contributed by atoms with E-state index in [4.69, 9.17) is 19.6 Å². The number of methoxy groups -OCH3 is 2. The zero-order valence-electron chi connectivity index (χ0n) is 11.4. The molecule has 19 heavy (non-hydrogen) atoms. The molecule has 0 spiro atoms. The fraction of sp³-hybridized carbons (Fsp3) is 0.385. The standard InChI is InChI=1S/C13H17N3O3/c1-7(2)12-15-16-13(19-12)9-5-8(17-3)6-10(18-4)11(9)14/h5-7H,14H2,1-4H3. The van der Waals surface area contributed by atoms with Crippen LogP contribution in [0.3, 0.4) is 0 Å². The second kappa shape index (κ2) is 5.17. The van der Waals surface area contributed by atoms with Gasteiger partial charge in [-0.15, -0.1) is 10.2 Å². The number of anilines is 1. The molecular weight excluding hydrogens is 246 g/mol. The molecule has 1 heterocycles. The lowest BCUT2D eigenvalue weighted by atomic mass is 10.1. The van der Waals surface area contributed by atoms with Crippen LogP contribution in [0.2, 0.25) is 0 Å². The second-order valence-corrected chi connectivity index (χ2v) is 4.39. The smallest absolute Gasteiger partial charge is 0.250 e. The van der Waals surface area contributed by atoms with Gasteiger partial charge in [0.1, 0.15) is 11.5 Å². The van der Waals surface area contributed by atoms with E-state index in [-0.39, 0.29) is 5.92 Å². The fourth-order valence-electron chi connectivity index (χ4n) is 1.64. The van der Waals surface area contributed by atoms with E-state index in [1.165, 1.54) is 0 Å². The molecule has 102 valence electrons. The average molecular weight is 263 g/mol. The van der Waals surface area contributed by atoms with E-state index >= 15 is 0 Å². The van der Waals surface area contributed by atoms with Crippen LogP contribution in [0.4, 0.5) is 5.69 Å². The highest BCUT2D eigenvalue weighted by Gasteiger charge is 2.17. The zero-order valence-corrected chi connectivity index (χ0v) is 11.4. The van der Waals surface area contributed by atoms with Crippen LogP contribution in [0.15, 0.2) is 16.5 Å². The summed E-state index contributed by atoms with van der Waals surface area (Å²) < 4.78 is 16.0. The van der Waals surface area contributed by atoms with Gasteiger partial charge < -0.3 is 19.6 Å². The van der Waals surface area contributed by atoms with Crippen molar-refractivity contribution in [1.82, 2.24) is 10.2 Å². The van der Waals surface area contributed by atoms with Gasteiger partial charge in [0.05, 0.1) is 25.5 Å². The monoisotopic (exact) mass is 263 g/mol. The molecule has 1 aromatic heterocycles. The number of hydrogen-bond acceptors (Lipinski definition) is 6. The van der Waals surface area contributed by atoms with Crippen LogP contribution in [0.1, 0.15) is 25.7 Å². The van der Waals surface area contributed by atoms with Gasteiger partial charge in [0.25, 0.3) is 0 Å². The summed E-state index contributed by atoms with van der Waals surface area (Å²) in [6, 6.07) is 3.45. The van der Waals surface area contributed by atoms with E-state index < -0.39 is 0 Å². The molecule has 2 rings (SSSR count). The first-order chi connectivity index (χ1) is 9.06. The molecule has 0 amide bonds. The summed E-state index contributed by atoms with van der Waals surface area (Å²) >= 11 is 0. The first-order valence-corrected chi connectivity index (χ1v) is 5.92. The van der Waals surface area contributed by atoms with Crippen molar-refractivity contribution in [3.63, 3.8) is 0 Å². The summed E-state index contributed by atoms with van der Waals surface area (Å²) in [5, 5.41) is 8.00. The Bertz CT molecular complexity index is 579. The zero-order chi connectivity index (χ0) is 14.0. The predicted molar refractivity (Wildman–Crippen MR) is 71.3 cm³/mol. The lowest BCUT2D eigenvalue weighted by molar-refractivity contribution is 0.395. The summed E-state index contributed by atoms with van der Waals surface area (Å²) in [5.41, 5.74) is 7.08. The van der Waals surface area contributed by atoms with Crippen molar-refractivity contribution in [2.75, 3.05) is 20.0 Å². The minimum absolute atomic E-state index is 0.162. The van der Waals surface area contributed by atoms with Gasteiger partial charge in [-0.2, -0.15) is 0 Å². The maximum absolute atomic E-state index is 6.03.